The van der Waals surface area contributed by atoms with Crippen molar-refractivity contribution < 1.29 is 23.1 Å². The summed E-state index contributed by atoms with van der Waals surface area (Å²) in [6.45, 7) is -0.163. The summed E-state index contributed by atoms with van der Waals surface area (Å²) >= 11 is 0. The number of carboxylic acid groups (broad SMARTS) is 1. The number of nitrogens with one attached hydrogen (secondary N) is 1. The van der Waals surface area contributed by atoms with Crippen LogP contribution in [0.15, 0.2) is 17.6 Å². The first-order chi connectivity index (χ1) is 10.3. The van der Waals surface area contributed by atoms with Gasteiger partial charge in [0.15, 0.2) is 5.03 Å². The molecule has 1 saturated heterocycles. The molecule has 0 radical (unpaired) electrons. The molecular weight excluding hydrogens is 312 g/mol. The van der Waals surface area contributed by atoms with Gasteiger partial charge in [-0.2, -0.15) is 0 Å². The van der Waals surface area contributed by atoms with E-state index in [1.54, 1.807) is 7.05 Å². The Hall–Kier alpha value is -1.94. The van der Waals surface area contributed by atoms with Crippen molar-refractivity contribution in [2.45, 2.75) is 30.3 Å². The van der Waals surface area contributed by atoms with E-state index in [9.17, 15) is 18.0 Å². The number of hydrogen-bond acceptors (Lipinski definition) is 5. The lowest BCUT2D eigenvalue weighted by molar-refractivity contribution is -0.151. The summed E-state index contributed by atoms with van der Waals surface area (Å²) < 4.78 is 27.6. The summed E-state index contributed by atoms with van der Waals surface area (Å²) in [4.78, 5) is 28.2. The standard InChI is InChI=1S/C12H18N4O5S/c1-15-7-10(13-8-15)22(20,21)14-6-11(17)16-5-3-2-4-9(16)12(18)19/h7-9,14H,2-6H2,1H3,(H,18,19). The summed E-state index contributed by atoms with van der Waals surface area (Å²) in [6, 6.07) is -0.888. The van der Waals surface area contributed by atoms with Crippen LogP contribution in [0.1, 0.15) is 19.3 Å². The number of piperidine rings is 1. The van der Waals surface area contributed by atoms with E-state index in [2.05, 4.69) is 9.71 Å². The molecule has 9 nitrogen and oxygen atoms in total. The van der Waals surface area contributed by atoms with Gasteiger partial charge >= 0.3 is 5.97 Å². The van der Waals surface area contributed by atoms with E-state index in [-0.39, 0.29) is 5.03 Å². The van der Waals surface area contributed by atoms with Crippen molar-refractivity contribution in [3.05, 3.63) is 12.5 Å². The molecule has 2 rings (SSSR count). The highest BCUT2D eigenvalue weighted by atomic mass is 32.2. The first-order valence-electron chi connectivity index (χ1n) is 6.81. The Labute approximate surface area is 128 Å². The first-order valence-corrected chi connectivity index (χ1v) is 8.29. The Morgan fingerprint density at radius 3 is 2.77 bits per heavy atom. The summed E-state index contributed by atoms with van der Waals surface area (Å²) in [5.41, 5.74) is 0. The average molecular weight is 330 g/mol. The highest BCUT2D eigenvalue weighted by molar-refractivity contribution is 7.89. The zero-order valence-corrected chi connectivity index (χ0v) is 12.9. The van der Waals surface area contributed by atoms with E-state index in [0.29, 0.717) is 19.4 Å². The fourth-order valence-corrected chi connectivity index (χ4v) is 3.30. The molecule has 0 aromatic carbocycles. The number of carbonyl (C=O) groups excluding carboxylic acids is 1. The van der Waals surface area contributed by atoms with Crippen molar-refractivity contribution in [1.82, 2.24) is 19.2 Å². The van der Waals surface area contributed by atoms with Gasteiger partial charge in [0.2, 0.25) is 5.91 Å². The van der Waals surface area contributed by atoms with Crippen LogP contribution in [-0.4, -0.2) is 59.0 Å². The molecule has 0 spiro atoms. The van der Waals surface area contributed by atoms with Gasteiger partial charge in [0.05, 0.1) is 12.9 Å². The molecule has 1 aliphatic rings. The predicted molar refractivity (Wildman–Crippen MR) is 75.4 cm³/mol. The van der Waals surface area contributed by atoms with Gasteiger partial charge in [0.25, 0.3) is 10.0 Å². The van der Waals surface area contributed by atoms with Crippen molar-refractivity contribution in [2.75, 3.05) is 13.1 Å². The van der Waals surface area contributed by atoms with Crippen molar-refractivity contribution in [3.8, 4) is 0 Å². The number of carbonyl (C=O) groups is 2. The number of imidazole rings is 1. The Kier molecular flexibility index (Phi) is 4.81. The molecule has 0 aliphatic carbocycles. The van der Waals surface area contributed by atoms with Crippen LogP contribution in [0.2, 0.25) is 0 Å². The Morgan fingerprint density at radius 2 is 2.18 bits per heavy atom. The maximum Gasteiger partial charge on any atom is 0.326 e. The van der Waals surface area contributed by atoms with E-state index < -0.39 is 34.5 Å². The Bertz CT molecular complexity index is 669. The second-order valence-electron chi connectivity index (χ2n) is 5.14. The van der Waals surface area contributed by atoms with Crippen molar-refractivity contribution in [2.24, 2.45) is 7.05 Å². The zero-order valence-electron chi connectivity index (χ0n) is 12.1. The largest absolute Gasteiger partial charge is 0.480 e. The molecule has 10 heteroatoms. The van der Waals surface area contributed by atoms with Gasteiger partial charge in [-0.15, -0.1) is 0 Å². The lowest BCUT2D eigenvalue weighted by Gasteiger charge is -2.32. The summed E-state index contributed by atoms with van der Waals surface area (Å²) in [7, 11) is -2.26. The van der Waals surface area contributed by atoms with E-state index >= 15 is 0 Å². The summed E-state index contributed by atoms with van der Waals surface area (Å²) in [5.74, 6) is -1.62. The molecule has 1 atom stereocenters. The molecule has 0 saturated carbocycles. The fraction of sp³-hybridized carbons (Fsp3) is 0.583. The van der Waals surface area contributed by atoms with Crippen LogP contribution in [0, 0.1) is 0 Å². The first kappa shape index (κ1) is 16.4. The molecular formula is C12H18N4O5S. The highest BCUT2D eigenvalue weighted by Gasteiger charge is 2.32. The molecule has 1 aromatic heterocycles. The SMILES string of the molecule is Cn1cnc(S(=O)(=O)NCC(=O)N2CCCCC2C(=O)O)c1. The average Bonchev–Trinajstić information content (AvgIpc) is 2.92. The van der Waals surface area contributed by atoms with Crippen LogP contribution in [0.25, 0.3) is 0 Å². The van der Waals surface area contributed by atoms with Gasteiger partial charge in [-0.25, -0.2) is 22.9 Å². The topological polar surface area (TPSA) is 122 Å². The van der Waals surface area contributed by atoms with Crippen LogP contribution in [0.5, 0.6) is 0 Å². The normalized spacial score (nSPS) is 19.1. The van der Waals surface area contributed by atoms with Crippen LogP contribution in [0.3, 0.4) is 0 Å². The minimum absolute atomic E-state index is 0.184. The number of amides is 1. The number of sulfonamides is 1. The maximum absolute atomic E-state index is 12.1. The van der Waals surface area contributed by atoms with Crippen LogP contribution >= 0.6 is 0 Å². The van der Waals surface area contributed by atoms with Gasteiger partial charge in [0, 0.05) is 19.8 Å². The number of nitrogens with zero attached hydrogens (tertiary/aromatic N) is 3. The third kappa shape index (κ3) is 3.63. The smallest absolute Gasteiger partial charge is 0.326 e. The van der Waals surface area contributed by atoms with Gasteiger partial charge in [-0.05, 0) is 19.3 Å². The van der Waals surface area contributed by atoms with Crippen LogP contribution < -0.4 is 4.72 Å². The molecule has 22 heavy (non-hydrogen) atoms. The van der Waals surface area contributed by atoms with Gasteiger partial charge in [-0.1, -0.05) is 0 Å². The number of hydrogen-bond donors (Lipinski definition) is 2. The second kappa shape index (κ2) is 6.44. The van der Waals surface area contributed by atoms with Gasteiger partial charge < -0.3 is 14.6 Å². The minimum Gasteiger partial charge on any atom is -0.480 e. The van der Waals surface area contributed by atoms with E-state index in [4.69, 9.17) is 5.11 Å². The molecule has 0 bridgehead atoms. The molecule has 2 N–H and O–H groups in total. The number of aromatic nitrogens is 2. The zero-order chi connectivity index (χ0) is 16.3. The lowest BCUT2D eigenvalue weighted by Crippen LogP contribution is -2.51. The minimum atomic E-state index is -3.89. The molecule has 1 unspecified atom stereocenters. The number of likely N-dealkylation sites (tertiary alicyclic amines) is 1. The molecule has 1 fully saturated rings. The quantitative estimate of drug-likeness (QED) is 0.726. The lowest BCUT2D eigenvalue weighted by atomic mass is 10.0. The van der Waals surface area contributed by atoms with Crippen LogP contribution in [-0.2, 0) is 26.7 Å². The molecule has 1 amide bonds. The summed E-state index contributed by atoms with van der Waals surface area (Å²) in [5, 5.41) is 8.94. The Balaban J connectivity index is 2.01. The number of carboxylic acids is 1. The number of rotatable bonds is 5. The predicted octanol–water partition coefficient (Wildman–Crippen LogP) is -0.836. The van der Waals surface area contributed by atoms with Crippen molar-refractivity contribution in [3.63, 3.8) is 0 Å². The van der Waals surface area contributed by atoms with E-state index in [1.807, 2.05) is 0 Å². The fourth-order valence-electron chi connectivity index (χ4n) is 2.35. The monoisotopic (exact) mass is 330 g/mol. The van der Waals surface area contributed by atoms with E-state index in [1.165, 1.54) is 22.0 Å². The number of aliphatic carboxylic acids is 1. The maximum atomic E-state index is 12.1. The molecule has 1 aromatic rings. The van der Waals surface area contributed by atoms with Gasteiger partial charge in [0.1, 0.15) is 6.04 Å². The number of aryl methyl sites for hydroxylation is 1. The third-order valence-corrected chi connectivity index (χ3v) is 4.76. The molecule has 1 aliphatic heterocycles. The summed E-state index contributed by atoms with van der Waals surface area (Å²) in [6.07, 6.45) is 4.48. The van der Waals surface area contributed by atoms with Gasteiger partial charge in [-0.3, -0.25) is 4.79 Å². The third-order valence-electron chi connectivity index (χ3n) is 3.48. The van der Waals surface area contributed by atoms with Crippen molar-refractivity contribution in [1.29, 1.82) is 0 Å². The second-order valence-corrected chi connectivity index (χ2v) is 6.85. The Morgan fingerprint density at radius 1 is 1.45 bits per heavy atom. The van der Waals surface area contributed by atoms with Crippen LogP contribution in [0.4, 0.5) is 0 Å². The molecule has 2 heterocycles. The molecule has 122 valence electrons. The highest BCUT2D eigenvalue weighted by Crippen LogP contribution is 2.17. The van der Waals surface area contributed by atoms with E-state index in [0.717, 1.165) is 6.42 Å². The van der Waals surface area contributed by atoms with Crippen molar-refractivity contribution >= 4 is 21.9 Å².